The van der Waals surface area contributed by atoms with Crippen LogP contribution in [-0.2, 0) is 28.6 Å². The molecule has 3 aliphatic heterocycles. The first kappa shape index (κ1) is 17.3. The number of ether oxygens (including phenoxy) is 3. The van der Waals surface area contributed by atoms with Crippen LogP contribution in [0.25, 0.3) is 0 Å². The van der Waals surface area contributed by atoms with E-state index in [1.165, 1.54) is 0 Å². The maximum atomic E-state index is 13.2. The van der Waals surface area contributed by atoms with Gasteiger partial charge in [0.05, 0.1) is 12.0 Å². The maximum absolute atomic E-state index is 13.2. The molecule has 3 heterocycles. The molecule has 29 heavy (non-hydrogen) atoms. The van der Waals surface area contributed by atoms with Gasteiger partial charge in [-0.15, -0.1) is 0 Å². The van der Waals surface area contributed by atoms with Crippen LogP contribution in [0, 0.1) is 28.6 Å². The molecule has 7 fully saturated rings. The molecule has 0 N–H and O–H groups in total. The number of rotatable bonds is 0. The monoisotopic (exact) mass is 400 g/mol. The van der Waals surface area contributed by atoms with Gasteiger partial charge in [0.15, 0.2) is 0 Å². The van der Waals surface area contributed by atoms with Crippen LogP contribution < -0.4 is 0 Å². The second-order valence-corrected chi connectivity index (χ2v) is 11.4. The number of hydrogen-bond donors (Lipinski definition) is 0. The van der Waals surface area contributed by atoms with Gasteiger partial charge >= 0.3 is 11.9 Å². The highest BCUT2D eigenvalue weighted by Gasteiger charge is 2.88. The number of carbonyl (C=O) groups is 3. The Morgan fingerprint density at radius 1 is 0.931 bits per heavy atom. The number of esters is 2. The molecule has 0 aromatic rings. The van der Waals surface area contributed by atoms with E-state index in [-0.39, 0.29) is 58.0 Å². The van der Waals surface area contributed by atoms with Gasteiger partial charge in [0.1, 0.15) is 22.6 Å². The molecule has 4 saturated carbocycles. The highest BCUT2D eigenvalue weighted by molar-refractivity contribution is 5.85. The summed E-state index contributed by atoms with van der Waals surface area (Å²) in [6.45, 7) is 4.51. The minimum atomic E-state index is -0.681. The zero-order valence-electron chi connectivity index (χ0n) is 17.1. The average Bonchev–Trinajstić information content (AvgIpc) is 2.96. The topological polar surface area (TPSA) is 82.2 Å². The normalized spacial score (nSPS) is 61.5. The number of carbonyl (C=O) groups excluding carboxylic acids is 3. The highest BCUT2D eigenvalue weighted by Crippen LogP contribution is 2.81. The molecule has 7 rings (SSSR count). The zero-order valence-corrected chi connectivity index (χ0v) is 17.1. The number of fused-ring (bicyclic) bond motifs is 5. The second kappa shape index (κ2) is 4.58. The molecule has 9 atom stereocenters. The van der Waals surface area contributed by atoms with Crippen molar-refractivity contribution >= 4 is 17.7 Å². The molecular formula is C23H28O6. The van der Waals surface area contributed by atoms with E-state index < -0.39 is 11.2 Å². The summed E-state index contributed by atoms with van der Waals surface area (Å²) >= 11 is 0. The molecule has 6 heteroatoms. The summed E-state index contributed by atoms with van der Waals surface area (Å²) in [6.07, 6.45) is 6.38. The number of hydrogen-bond acceptors (Lipinski definition) is 6. The predicted octanol–water partition coefficient (Wildman–Crippen LogP) is 2.71. The highest BCUT2D eigenvalue weighted by atomic mass is 16.6. The van der Waals surface area contributed by atoms with Crippen molar-refractivity contribution in [1.82, 2.24) is 0 Å². The molecule has 6 nitrogen and oxygen atoms in total. The molecule has 0 radical (unpaired) electrons. The fraction of sp³-hybridized carbons (Fsp3) is 0.870. The van der Waals surface area contributed by atoms with Gasteiger partial charge in [-0.05, 0) is 38.0 Å². The maximum Gasteiger partial charge on any atom is 0.310 e. The molecule has 3 spiro atoms. The van der Waals surface area contributed by atoms with Gasteiger partial charge in [-0.3, -0.25) is 14.4 Å². The third-order valence-electron chi connectivity index (χ3n) is 10.9. The summed E-state index contributed by atoms with van der Waals surface area (Å²) in [5.41, 5.74) is -1.90. The molecule has 0 unspecified atom stereocenters. The minimum Gasteiger partial charge on any atom is -0.458 e. The Hall–Kier alpha value is -1.43. The van der Waals surface area contributed by atoms with E-state index in [0.29, 0.717) is 25.7 Å². The van der Waals surface area contributed by atoms with Crippen molar-refractivity contribution in [2.45, 2.75) is 94.5 Å². The van der Waals surface area contributed by atoms with Crippen LogP contribution in [-0.4, -0.2) is 40.6 Å². The molecule has 3 saturated heterocycles. The first-order valence-electron chi connectivity index (χ1n) is 11.3. The van der Waals surface area contributed by atoms with Crippen LogP contribution in [0.3, 0.4) is 0 Å². The van der Waals surface area contributed by atoms with Crippen LogP contribution in [0.15, 0.2) is 0 Å². The van der Waals surface area contributed by atoms with E-state index in [2.05, 4.69) is 13.8 Å². The Kier molecular flexibility index (Phi) is 2.73. The summed E-state index contributed by atoms with van der Waals surface area (Å²) in [7, 11) is 0. The Bertz CT molecular complexity index is 898. The fourth-order valence-corrected chi connectivity index (χ4v) is 9.49. The van der Waals surface area contributed by atoms with Crippen LogP contribution in [0.1, 0.15) is 71.6 Å². The molecule has 7 aliphatic rings. The van der Waals surface area contributed by atoms with Crippen LogP contribution in [0.4, 0.5) is 0 Å². The van der Waals surface area contributed by atoms with Gasteiger partial charge < -0.3 is 14.2 Å². The van der Waals surface area contributed by atoms with Gasteiger partial charge in [0.25, 0.3) is 0 Å². The smallest absolute Gasteiger partial charge is 0.310 e. The summed E-state index contributed by atoms with van der Waals surface area (Å²) in [4.78, 5) is 37.6. The SMILES string of the molecule is C[C@]12CCC(=O)C[C@]13C[C@@H](C(=O)O3)[C@H]1[C@@H]3CC[C@@]4(CCC(=O)O4)[C@@]3(C)C[C@H]3O[C@@]132. The summed E-state index contributed by atoms with van der Waals surface area (Å²) in [5.74, 6) is 0.190. The van der Waals surface area contributed by atoms with E-state index in [1.54, 1.807) is 0 Å². The summed E-state index contributed by atoms with van der Waals surface area (Å²) in [5, 5.41) is 0. The minimum absolute atomic E-state index is 0.0675. The molecule has 156 valence electrons. The Labute approximate surface area is 170 Å². The number of ketones is 1. The van der Waals surface area contributed by atoms with Gasteiger partial charge in [-0.2, -0.15) is 0 Å². The molecular weight excluding hydrogens is 372 g/mol. The van der Waals surface area contributed by atoms with Gasteiger partial charge in [0.2, 0.25) is 0 Å². The lowest BCUT2D eigenvalue weighted by Gasteiger charge is -2.60. The lowest BCUT2D eigenvalue weighted by molar-refractivity contribution is -0.193. The van der Waals surface area contributed by atoms with E-state index in [9.17, 15) is 14.4 Å². The summed E-state index contributed by atoms with van der Waals surface area (Å²) in [6, 6.07) is 0. The Morgan fingerprint density at radius 2 is 1.76 bits per heavy atom. The Balaban J connectivity index is 1.38. The van der Waals surface area contributed by atoms with Crippen molar-refractivity contribution in [3.05, 3.63) is 0 Å². The lowest BCUT2D eigenvalue weighted by Crippen LogP contribution is -2.68. The average molecular weight is 400 g/mol. The first-order valence-corrected chi connectivity index (χ1v) is 11.3. The molecule has 0 amide bonds. The second-order valence-electron chi connectivity index (χ2n) is 11.4. The van der Waals surface area contributed by atoms with Crippen molar-refractivity contribution in [3.63, 3.8) is 0 Å². The molecule has 0 aromatic heterocycles. The van der Waals surface area contributed by atoms with Crippen LogP contribution in [0.2, 0.25) is 0 Å². The van der Waals surface area contributed by atoms with Crippen molar-refractivity contribution in [2.24, 2.45) is 28.6 Å². The lowest BCUT2D eigenvalue weighted by atomic mass is 9.41. The quantitative estimate of drug-likeness (QED) is 0.459. The zero-order chi connectivity index (χ0) is 20.0. The molecule has 4 aliphatic carbocycles. The Morgan fingerprint density at radius 3 is 2.52 bits per heavy atom. The van der Waals surface area contributed by atoms with Gasteiger partial charge in [-0.1, -0.05) is 13.8 Å². The number of epoxide rings is 1. The van der Waals surface area contributed by atoms with Crippen molar-refractivity contribution < 1.29 is 28.6 Å². The van der Waals surface area contributed by atoms with E-state index in [0.717, 1.165) is 32.1 Å². The van der Waals surface area contributed by atoms with E-state index in [4.69, 9.17) is 14.2 Å². The van der Waals surface area contributed by atoms with Gasteiger partial charge in [0, 0.05) is 42.4 Å². The third-order valence-corrected chi connectivity index (χ3v) is 10.9. The van der Waals surface area contributed by atoms with E-state index >= 15 is 0 Å². The van der Waals surface area contributed by atoms with Crippen LogP contribution >= 0.6 is 0 Å². The van der Waals surface area contributed by atoms with Gasteiger partial charge in [-0.25, -0.2) is 0 Å². The van der Waals surface area contributed by atoms with Crippen molar-refractivity contribution in [3.8, 4) is 0 Å². The largest absolute Gasteiger partial charge is 0.458 e. The standard InChI is InChI=1S/C23H28O6/c1-19-11-15-23(27-15)17(14(19)4-7-21(19)8-5-16(25)28-21)13-10-22(29-18(13)26)9-12(24)3-6-20(22,23)2/h13-15,17H,3-11H2,1-2H3/t13-,14+,15-,17+,19+,20+,21-,22+,23-/m1/s1. The summed E-state index contributed by atoms with van der Waals surface area (Å²) < 4.78 is 18.8. The predicted molar refractivity (Wildman–Crippen MR) is 98.5 cm³/mol. The fourth-order valence-electron chi connectivity index (χ4n) is 9.49. The number of Topliss-reactive ketones (excluding diaryl/α,β-unsaturated/α-hetero) is 1. The first-order chi connectivity index (χ1) is 13.7. The van der Waals surface area contributed by atoms with Crippen molar-refractivity contribution in [1.29, 1.82) is 0 Å². The third kappa shape index (κ3) is 1.55. The van der Waals surface area contributed by atoms with Crippen LogP contribution in [0.5, 0.6) is 0 Å². The molecule has 0 aromatic carbocycles. The molecule has 2 bridgehead atoms. The van der Waals surface area contributed by atoms with Crippen molar-refractivity contribution in [2.75, 3.05) is 0 Å². The van der Waals surface area contributed by atoms with E-state index in [1.807, 2.05) is 0 Å².